The molecule has 0 spiro atoms. The van der Waals surface area contributed by atoms with E-state index in [-0.39, 0.29) is 5.75 Å². The number of phenolic OH excluding ortho intramolecular Hbond substituents is 1. The van der Waals surface area contributed by atoms with Gasteiger partial charge in [0, 0.05) is 23.5 Å². The Morgan fingerprint density at radius 2 is 1.61 bits per heavy atom. The van der Waals surface area contributed by atoms with E-state index in [4.69, 9.17) is 4.42 Å². The number of oxazole rings is 1. The third-order valence-electron chi connectivity index (χ3n) is 2.58. The molecule has 0 atom stereocenters. The monoisotopic (exact) mass is 238 g/mol. The van der Waals surface area contributed by atoms with Gasteiger partial charge in [-0.1, -0.05) is 0 Å². The van der Waals surface area contributed by atoms with Crippen LogP contribution in [0.25, 0.3) is 22.8 Å². The molecule has 0 unspecified atom stereocenters. The zero-order valence-corrected chi connectivity index (χ0v) is 9.45. The van der Waals surface area contributed by atoms with Gasteiger partial charge in [0.2, 0.25) is 5.89 Å². The fourth-order valence-corrected chi connectivity index (χ4v) is 1.66. The third kappa shape index (κ3) is 1.96. The molecule has 0 aliphatic heterocycles. The molecule has 3 aromatic rings. The van der Waals surface area contributed by atoms with Gasteiger partial charge in [-0.15, -0.1) is 0 Å². The molecular weight excluding hydrogens is 228 g/mol. The maximum atomic E-state index is 9.23. The van der Waals surface area contributed by atoms with Gasteiger partial charge in [0.05, 0.1) is 6.20 Å². The van der Waals surface area contributed by atoms with E-state index in [1.54, 1.807) is 42.9 Å². The lowest BCUT2D eigenvalue weighted by atomic mass is 10.2. The normalized spacial score (nSPS) is 10.4. The molecule has 0 aliphatic rings. The van der Waals surface area contributed by atoms with Crippen LogP contribution in [-0.2, 0) is 0 Å². The Labute approximate surface area is 104 Å². The number of rotatable bonds is 2. The van der Waals surface area contributed by atoms with Crippen LogP contribution in [0.15, 0.2) is 59.4 Å². The first-order chi connectivity index (χ1) is 8.83. The molecule has 0 saturated carbocycles. The van der Waals surface area contributed by atoms with Crippen molar-refractivity contribution in [1.82, 2.24) is 9.97 Å². The number of hydrogen-bond donors (Lipinski definition) is 1. The molecule has 4 nitrogen and oxygen atoms in total. The standard InChI is InChI=1S/C14H10N2O2/c17-12-3-1-10(2-4-12)13-9-16-14(18-13)11-5-7-15-8-6-11/h1-9,17H. The third-order valence-corrected chi connectivity index (χ3v) is 2.58. The highest BCUT2D eigenvalue weighted by Crippen LogP contribution is 2.26. The summed E-state index contributed by atoms with van der Waals surface area (Å²) in [5, 5.41) is 9.23. The van der Waals surface area contributed by atoms with Crippen LogP contribution in [-0.4, -0.2) is 15.1 Å². The van der Waals surface area contributed by atoms with Gasteiger partial charge in [-0.3, -0.25) is 4.98 Å². The maximum Gasteiger partial charge on any atom is 0.226 e. The van der Waals surface area contributed by atoms with E-state index in [0.717, 1.165) is 11.1 Å². The van der Waals surface area contributed by atoms with Crippen molar-refractivity contribution in [2.75, 3.05) is 0 Å². The number of phenols is 1. The quantitative estimate of drug-likeness (QED) is 0.745. The summed E-state index contributed by atoms with van der Waals surface area (Å²) in [6.07, 6.45) is 5.06. The number of aromatic nitrogens is 2. The van der Waals surface area contributed by atoms with Gasteiger partial charge in [-0.2, -0.15) is 0 Å². The zero-order valence-electron chi connectivity index (χ0n) is 9.45. The lowest BCUT2D eigenvalue weighted by Crippen LogP contribution is -1.76. The molecule has 0 aliphatic carbocycles. The van der Waals surface area contributed by atoms with Gasteiger partial charge in [-0.05, 0) is 36.4 Å². The van der Waals surface area contributed by atoms with Gasteiger partial charge in [0.1, 0.15) is 5.75 Å². The molecule has 0 amide bonds. The van der Waals surface area contributed by atoms with Crippen molar-refractivity contribution in [2.24, 2.45) is 0 Å². The van der Waals surface area contributed by atoms with Crippen molar-refractivity contribution in [3.8, 4) is 28.5 Å². The molecule has 4 heteroatoms. The fourth-order valence-electron chi connectivity index (χ4n) is 1.66. The fraction of sp³-hybridized carbons (Fsp3) is 0. The number of pyridine rings is 1. The lowest BCUT2D eigenvalue weighted by Gasteiger charge is -1.96. The molecule has 1 N–H and O–H groups in total. The molecule has 3 rings (SSSR count). The van der Waals surface area contributed by atoms with E-state index in [9.17, 15) is 5.11 Å². The van der Waals surface area contributed by atoms with E-state index in [1.165, 1.54) is 0 Å². The van der Waals surface area contributed by atoms with E-state index in [0.29, 0.717) is 11.7 Å². The first-order valence-electron chi connectivity index (χ1n) is 5.48. The molecule has 88 valence electrons. The van der Waals surface area contributed by atoms with Crippen molar-refractivity contribution in [3.63, 3.8) is 0 Å². The first kappa shape index (κ1) is 10.5. The Kier molecular flexibility index (Phi) is 2.53. The number of hydrogen-bond acceptors (Lipinski definition) is 4. The summed E-state index contributed by atoms with van der Waals surface area (Å²) >= 11 is 0. The van der Waals surface area contributed by atoms with E-state index in [2.05, 4.69) is 9.97 Å². The van der Waals surface area contributed by atoms with E-state index < -0.39 is 0 Å². The minimum atomic E-state index is 0.229. The maximum absolute atomic E-state index is 9.23. The highest BCUT2D eigenvalue weighted by Gasteiger charge is 2.07. The van der Waals surface area contributed by atoms with Gasteiger partial charge in [0.25, 0.3) is 0 Å². The lowest BCUT2D eigenvalue weighted by molar-refractivity contribution is 0.475. The predicted molar refractivity (Wildman–Crippen MR) is 66.8 cm³/mol. The average Bonchev–Trinajstić information content (AvgIpc) is 2.90. The highest BCUT2D eigenvalue weighted by atomic mass is 16.4. The van der Waals surface area contributed by atoms with Crippen LogP contribution in [0.3, 0.4) is 0 Å². The minimum absolute atomic E-state index is 0.229. The first-order valence-corrected chi connectivity index (χ1v) is 5.48. The average molecular weight is 238 g/mol. The zero-order chi connectivity index (χ0) is 12.4. The van der Waals surface area contributed by atoms with Crippen LogP contribution in [0.1, 0.15) is 0 Å². The van der Waals surface area contributed by atoms with Crippen molar-refractivity contribution >= 4 is 0 Å². The summed E-state index contributed by atoms with van der Waals surface area (Å²) in [5.41, 5.74) is 1.76. The summed E-state index contributed by atoms with van der Waals surface area (Å²) in [7, 11) is 0. The van der Waals surface area contributed by atoms with Crippen LogP contribution in [0.2, 0.25) is 0 Å². The second-order valence-electron chi connectivity index (χ2n) is 3.81. The Bertz CT molecular complexity index is 645. The molecule has 2 aromatic heterocycles. The van der Waals surface area contributed by atoms with Crippen LogP contribution < -0.4 is 0 Å². The van der Waals surface area contributed by atoms with Crippen LogP contribution in [0, 0.1) is 0 Å². The highest BCUT2D eigenvalue weighted by molar-refractivity contribution is 5.61. The van der Waals surface area contributed by atoms with Crippen molar-refractivity contribution in [3.05, 3.63) is 55.0 Å². The molecule has 0 bridgehead atoms. The van der Waals surface area contributed by atoms with E-state index >= 15 is 0 Å². The molecule has 1 aromatic carbocycles. The van der Waals surface area contributed by atoms with Crippen LogP contribution in [0.5, 0.6) is 5.75 Å². The predicted octanol–water partition coefficient (Wildman–Crippen LogP) is 3.11. The molecule has 2 heterocycles. The SMILES string of the molecule is Oc1ccc(-c2cnc(-c3ccncc3)o2)cc1. The summed E-state index contributed by atoms with van der Waals surface area (Å²) in [6.45, 7) is 0. The second-order valence-corrected chi connectivity index (χ2v) is 3.81. The topological polar surface area (TPSA) is 59.2 Å². The Morgan fingerprint density at radius 3 is 2.33 bits per heavy atom. The van der Waals surface area contributed by atoms with Crippen LogP contribution in [0.4, 0.5) is 0 Å². The minimum Gasteiger partial charge on any atom is -0.508 e. The van der Waals surface area contributed by atoms with Gasteiger partial charge < -0.3 is 9.52 Å². The molecule has 18 heavy (non-hydrogen) atoms. The summed E-state index contributed by atoms with van der Waals surface area (Å²) in [6, 6.07) is 10.5. The van der Waals surface area contributed by atoms with Crippen molar-refractivity contribution < 1.29 is 9.52 Å². The van der Waals surface area contributed by atoms with Gasteiger partial charge in [0.15, 0.2) is 5.76 Å². The van der Waals surface area contributed by atoms with Crippen LogP contribution >= 0.6 is 0 Å². The van der Waals surface area contributed by atoms with E-state index in [1.807, 2.05) is 12.1 Å². The second kappa shape index (κ2) is 4.33. The summed E-state index contributed by atoms with van der Waals surface area (Å²) in [4.78, 5) is 8.18. The van der Waals surface area contributed by atoms with Gasteiger partial charge >= 0.3 is 0 Å². The molecule has 0 saturated heterocycles. The number of nitrogens with zero attached hydrogens (tertiary/aromatic N) is 2. The summed E-state index contributed by atoms with van der Waals surface area (Å²) in [5.74, 6) is 1.45. The van der Waals surface area contributed by atoms with Crippen molar-refractivity contribution in [2.45, 2.75) is 0 Å². The van der Waals surface area contributed by atoms with Crippen molar-refractivity contribution in [1.29, 1.82) is 0 Å². The Balaban J connectivity index is 1.97. The molecular formula is C14H10N2O2. The number of aromatic hydroxyl groups is 1. The molecule has 0 fully saturated rings. The Morgan fingerprint density at radius 1 is 0.889 bits per heavy atom. The summed E-state index contributed by atoms with van der Waals surface area (Å²) < 4.78 is 5.68. The Hall–Kier alpha value is -2.62. The largest absolute Gasteiger partial charge is 0.508 e. The smallest absolute Gasteiger partial charge is 0.226 e. The molecule has 0 radical (unpaired) electrons. The number of benzene rings is 1. The van der Waals surface area contributed by atoms with Gasteiger partial charge in [-0.25, -0.2) is 4.98 Å².